The summed E-state index contributed by atoms with van der Waals surface area (Å²) in [4.78, 5) is 36.5. The number of carbonyl (C=O) groups excluding carboxylic acids is 3. The molecule has 0 saturated heterocycles. The molecule has 0 radical (unpaired) electrons. The van der Waals surface area contributed by atoms with Crippen LogP contribution in [0.15, 0.2) is 48.6 Å². The van der Waals surface area contributed by atoms with Crippen molar-refractivity contribution in [3.05, 3.63) is 48.6 Å². The van der Waals surface area contributed by atoms with Crippen LogP contribution in [-0.2, 0) is 33.3 Å². The molecule has 9 nitrogen and oxygen atoms in total. The van der Waals surface area contributed by atoms with Crippen LogP contribution in [0.25, 0.3) is 0 Å². The summed E-state index contributed by atoms with van der Waals surface area (Å²) in [7, 11) is 5.88. The number of quaternary nitrogens is 1. The molecule has 0 saturated carbocycles. The van der Waals surface area contributed by atoms with Gasteiger partial charge in [0, 0.05) is 12.8 Å². The second-order valence-corrected chi connectivity index (χ2v) is 13.5. The number of nitrogens with zero attached hydrogens (tertiary/aromatic N) is 1. The van der Waals surface area contributed by atoms with E-state index in [4.69, 9.17) is 18.9 Å². The molecule has 0 aromatic rings. The zero-order valence-electron chi connectivity index (χ0n) is 31.5. The van der Waals surface area contributed by atoms with Crippen LogP contribution in [0.2, 0.25) is 0 Å². The van der Waals surface area contributed by atoms with E-state index < -0.39 is 24.3 Å². The fourth-order valence-corrected chi connectivity index (χ4v) is 4.64. The lowest BCUT2D eigenvalue weighted by atomic mass is 10.1. The Hall–Kier alpha value is -2.75. The Kier molecular flexibility index (Phi) is 30.6. The standard InChI is InChI=1S/C40H69NO8/c1-6-8-10-12-13-14-15-16-17-18-19-20-21-22-23-24-25-27-29-31-38(43)49-36(34-47-37(42)30-28-26-11-9-7-2)35-48-40(39(44)45)46-33-32-41(3,4)5/h8,10,13-14,16-17,19-20,36,40H,6-7,9,11-12,15,18,21-35H2,1-5H3/b10-8-,14-13-,17-16-,20-19-. The van der Waals surface area contributed by atoms with Crippen molar-refractivity contribution in [2.45, 2.75) is 142 Å². The van der Waals surface area contributed by atoms with Crippen LogP contribution in [0, 0.1) is 0 Å². The van der Waals surface area contributed by atoms with E-state index >= 15 is 0 Å². The van der Waals surface area contributed by atoms with Gasteiger partial charge in [-0.15, -0.1) is 0 Å². The number of carboxylic acids is 1. The Morgan fingerprint density at radius 3 is 1.73 bits per heavy atom. The van der Waals surface area contributed by atoms with Crippen molar-refractivity contribution in [3.63, 3.8) is 0 Å². The average molecular weight is 692 g/mol. The Balaban J connectivity index is 4.41. The smallest absolute Gasteiger partial charge is 0.306 e. The number of unbranched alkanes of at least 4 members (excludes halogenated alkanes) is 10. The van der Waals surface area contributed by atoms with Gasteiger partial charge in [-0.2, -0.15) is 0 Å². The third-order valence-corrected chi connectivity index (χ3v) is 7.59. The molecule has 2 unspecified atom stereocenters. The highest BCUT2D eigenvalue weighted by Gasteiger charge is 2.21. The number of hydrogen-bond acceptors (Lipinski definition) is 8. The Bertz CT molecular complexity index is 950. The third-order valence-electron chi connectivity index (χ3n) is 7.59. The normalized spacial score (nSPS) is 13.6. The molecular weight excluding hydrogens is 622 g/mol. The molecule has 0 rings (SSSR count). The van der Waals surface area contributed by atoms with Crippen LogP contribution < -0.4 is 5.11 Å². The van der Waals surface area contributed by atoms with Gasteiger partial charge in [0.05, 0.1) is 40.3 Å². The predicted octanol–water partition coefficient (Wildman–Crippen LogP) is 7.54. The molecule has 0 spiro atoms. The van der Waals surface area contributed by atoms with Crippen molar-refractivity contribution >= 4 is 17.9 Å². The van der Waals surface area contributed by atoms with Crippen LogP contribution in [-0.4, -0.2) is 82.3 Å². The molecule has 2 atom stereocenters. The molecule has 0 aliphatic carbocycles. The molecule has 0 bridgehead atoms. The first-order chi connectivity index (χ1) is 23.6. The van der Waals surface area contributed by atoms with Crippen LogP contribution in [0.5, 0.6) is 0 Å². The van der Waals surface area contributed by atoms with Gasteiger partial charge in [0.15, 0.2) is 12.4 Å². The number of ether oxygens (including phenoxy) is 4. The van der Waals surface area contributed by atoms with Gasteiger partial charge in [0.25, 0.3) is 0 Å². The first-order valence-electron chi connectivity index (χ1n) is 18.8. The van der Waals surface area contributed by atoms with Gasteiger partial charge in [-0.1, -0.05) is 114 Å². The van der Waals surface area contributed by atoms with Crippen molar-refractivity contribution in [2.24, 2.45) is 0 Å². The second kappa shape index (κ2) is 32.5. The van der Waals surface area contributed by atoms with Crippen LogP contribution >= 0.6 is 0 Å². The van der Waals surface area contributed by atoms with Crippen molar-refractivity contribution < 1.29 is 42.9 Å². The molecule has 282 valence electrons. The molecule has 0 amide bonds. The van der Waals surface area contributed by atoms with E-state index in [2.05, 4.69) is 62.5 Å². The highest BCUT2D eigenvalue weighted by molar-refractivity contribution is 5.70. The van der Waals surface area contributed by atoms with E-state index in [1.807, 2.05) is 21.1 Å². The summed E-state index contributed by atoms with van der Waals surface area (Å²) < 4.78 is 22.3. The predicted molar refractivity (Wildman–Crippen MR) is 195 cm³/mol. The van der Waals surface area contributed by atoms with Crippen molar-refractivity contribution in [2.75, 3.05) is 47.5 Å². The zero-order valence-corrected chi connectivity index (χ0v) is 31.5. The lowest BCUT2D eigenvalue weighted by Crippen LogP contribution is -2.44. The van der Waals surface area contributed by atoms with Crippen LogP contribution in [0.1, 0.15) is 129 Å². The van der Waals surface area contributed by atoms with Crippen molar-refractivity contribution in [3.8, 4) is 0 Å². The maximum absolute atomic E-state index is 12.6. The number of carboxylic acid groups (broad SMARTS) is 1. The van der Waals surface area contributed by atoms with Crippen LogP contribution in [0.4, 0.5) is 0 Å². The van der Waals surface area contributed by atoms with Crippen LogP contribution in [0.3, 0.4) is 0 Å². The second-order valence-electron chi connectivity index (χ2n) is 13.5. The third kappa shape index (κ3) is 33.5. The van der Waals surface area contributed by atoms with Gasteiger partial charge < -0.3 is 33.3 Å². The Morgan fingerprint density at radius 1 is 0.633 bits per heavy atom. The molecule has 9 heteroatoms. The molecule has 0 heterocycles. The van der Waals surface area contributed by atoms with Crippen molar-refractivity contribution in [1.82, 2.24) is 0 Å². The van der Waals surface area contributed by atoms with E-state index in [0.717, 1.165) is 96.3 Å². The highest BCUT2D eigenvalue weighted by Crippen LogP contribution is 2.12. The van der Waals surface area contributed by atoms with Gasteiger partial charge in [-0.25, -0.2) is 0 Å². The highest BCUT2D eigenvalue weighted by atomic mass is 16.7. The van der Waals surface area contributed by atoms with E-state index in [9.17, 15) is 19.5 Å². The summed E-state index contributed by atoms with van der Waals surface area (Å²) in [5.41, 5.74) is 0. The number of esters is 2. The van der Waals surface area contributed by atoms with Gasteiger partial charge in [-0.05, 0) is 51.4 Å². The Morgan fingerprint density at radius 2 is 1.16 bits per heavy atom. The maximum Gasteiger partial charge on any atom is 0.306 e. The van der Waals surface area contributed by atoms with Crippen molar-refractivity contribution in [1.29, 1.82) is 0 Å². The summed E-state index contributed by atoms with van der Waals surface area (Å²) in [5, 5.41) is 11.6. The summed E-state index contributed by atoms with van der Waals surface area (Å²) in [6.07, 6.45) is 31.8. The molecule has 49 heavy (non-hydrogen) atoms. The number of rotatable bonds is 33. The molecular formula is C40H69NO8. The maximum atomic E-state index is 12.6. The minimum atomic E-state index is -1.62. The Labute approximate surface area is 298 Å². The fourth-order valence-electron chi connectivity index (χ4n) is 4.64. The fraction of sp³-hybridized carbons (Fsp3) is 0.725. The van der Waals surface area contributed by atoms with Gasteiger partial charge in [-0.3, -0.25) is 9.59 Å². The summed E-state index contributed by atoms with van der Waals surface area (Å²) in [6, 6.07) is 0. The molecule has 0 aromatic carbocycles. The zero-order chi connectivity index (χ0) is 36.4. The topological polar surface area (TPSA) is 111 Å². The van der Waals surface area contributed by atoms with E-state index in [1.54, 1.807) is 0 Å². The molecule has 0 aliphatic heterocycles. The number of hydrogen-bond donors (Lipinski definition) is 0. The lowest BCUT2D eigenvalue weighted by Gasteiger charge is -2.26. The van der Waals surface area contributed by atoms with Gasteiger partial charge in [0.2, 0.25) is 0 Å². The van der Waals surface area contributed by atoms with Gasteiger partial charge in [0.1, 0.15) is 13.2 Å². The summed E-state index contributed by atoms with van der Waals surface area (Å²) in [6.45, 7) is 4.48. The quantitative estimate of drug-likeness (QED) is 0.0228. The summed E-state index contributed by atoms with van der Waals surface area (Å²) >= 11 is 0. The molecule has 0 N–H and O–H groups in total. The monoisotopic (exact) mass is 692 g/mol. The number of allylic oxidation sites excluding steroid dienone is 8. The van der Waals surface area contributed by atoms with Gasteiger partial charge >= 0.3 is 11.9 Å². The largest absolute Gasteiger partial charge is 0.545 e. The molecule has 0 aromatic heterocycles. The van der Waals surface area contributed by atoms with E-state index in [1.165, 1.54) is 0 Å². The first kappa shape index (κ1) is 46.2. The molecule has 0 fully saturated rings. The number of aliphatic carboxylic acids is 1. The minimum Gasteiger partial charge on any atom is -0.545 e. The minimum absolute atomic E-state index is 0.143. The van der Waals surface area contributed by atoms with E-state index in [0.29, 0.717) is 17.4 Å². The molecule has 0 aliphatic rings. The number of carbonyl (C=O) groups is 3. The number of likely N-dealkylation sites (N-methyl/N-ethyl adjacent to an activating group) is 1. The first-order valence-corrected chi connectivity index (χ1v) is 18.8. The van der Waals surface area contributed by atoms with E-state index in [-0.39, 0.29) is 38.6 Å². The SMILES string of the molecule is CC/C=C\C/C=C\C/C=C\C/C=C\CCCCCCCCC(=O)OC(COC(=O)CCCCCCC)COC(OCC[N+](C)(C)C)C(=O)[O-]. The summed E-state index contributed by atoms with van der Waals surface area (Å²) in [5.74, 6) is -2.33. The lowest BCUT2D eigenvalue weighted by molar-refractivity contribution is -0.870. The average Bonchev–Trinajstić information content (AvgIpc) is 3.05.